The second-order valence-electron chi connectivity index (χ2n) is 5.47. The van der Waals surface area contributed by atoms with E-state index in [1.54, 1.807) is 0 Å². The Kier molecular flexibility index (Phi) is 5.74. The highest BCUT2D eigenvalue weighted by atomic mass is 32.2. The minimum atomic E-state index is -4.33. The molecule has 0 bridgehead atoms. The normalized spacial score (nSPS) is 22.4. The number of aliphatic hydroxyl groups excluding tert-OH is 1. The molecule has 0 aliphatic heterocycles. The summed E-state index contributed by atoms with van der Waals surface area (Å²) in [5.41, 5.74) is -3.99. The van der Waals surface area contributed by atoms with Crippen LogP contribution in [0, 0.1) is 5.92 Å². The monoisotopic (exact) mass is 333 g/mol. The topological polar surface area (TPSA) is 49.3 Å². The van der Waals surface area contributed by atoms with Crippen molar-refractivity contribution in [3.05, 3.63) is 29.8 Å². The Balaban J connectivity index is 1.84. The van der Waals surface area contributed by atoms with Gasteiger partial charge in [-0.15, -0.1) is 0 Å². The fraction of sp³-hybridized carbons (Fsp3) is 0.533. The van der Waals surface area contributed by atoms with Crippen molar-refractivity contribution in [2.24, 2.45) is 5.92 Å². The molecular formula is C15H18F3NO2S. The minimum Gasteiger partial charge on any atom is -0.393 e. The predicted molar refractivity (Wildman–Crippen MR) is 78.7 cm³/mol. The lowest BCUT2D eigenvalue weighted by Crippen LogP contribution is -2.32. The van der Waals surface area contributed by atoms with Crippen molar-refractivity contribution in [1.29, 1.82) is 0 Å². The highest BCUT2D eigenvalue weighted by Crippen LogP contribution is 2.36. The van der Waals surface area contributed by atoms with Crippen LogP contribution in [0.4, 0.5) is 13.2 Å². The van der Waals surface area contributed by atoms with Crippen molar-refractivity contribution in [3.8, 4) is 0 Å². The van der Waals surface area contributed by atoms with Crippen molar-refractivity contribution >= 4 is 17.7 Å². The fourth-order valence-electron chi connectivity index (χ4n) is 2.60. The third-order valence-electron chi connectivity index (χ3n) is 3.66. The second kappa shape index (κ2) is 7.37. The number of amides is 1. The number of nitrogens with one attached hydrogen (secondary N) is 1. The van der Waals surface area contributed by atoms with Crippen molar-refractivity contribution in [2.75, 3.05) is 6.54 Å². The molecule has 1 fully saturated rings. The van der Waals surface area contributed by atoms with Crippen molar-refractivity contribution in [1.82, 2.24) is 5.32 Å². The molecule has 1 amide bonds. The standard InChI is InChI=1S/C15H18F3NO2S/c16-15(17,18)22-13-6-4-11(5-7-13)14(21)19-9-10-2-1-3-12(20)8-10/h4-7,10,12,20H,1-3,8-9H2,(H,19,21). The number of benzene rings is 1. The molecule has 2 atom stereocenters. The Morgan fingerprint density at radius 3 is 2.55 bits per heavy atom. The fourth-order valence-corrected chi connectivity index (χ4v) is 3.13. The number of aliphatic hydroxyl groups is 1. The van der Waals surface area contributed by atoms with Gasteiger partial charge in [-0.2, -0.15) is 13.2 Å². The van der Waals surface area contributed by atoms with Crippen LogP contribution in [0.3, 0.4) is 0 Å². The molecular weight excluding hydrogens is 315 g/mol. The van der Waals surface area contributed by atoms with Crippen LogP contribution < -0.4 is 5.32 Å². The molecule has 0 spiro atoms. The molecule has 1 aliphatic rings. The molecule has 122 valence electrons. The number of hydrogen-bond donors (Lipinski definition) is 2. The maximum Gasteiger partial charge on any atom is 0.446 e. The summed E-state index contributed by atoms with van der Waals surface area (Å²) in [6.45, 7) is 0.481. The summed E-state index contributed by atoms with van der Waals surface area (Å²) < 4.78 is 36.7. The van der Waals surface area contributed by atoms with Gasteiger partial charge < -0.3 is 10.4 Å². The van der Waals surface area contributed by atoms with Crippen LogP contribution in [0.15, 0.2) is 29.2 Å². The number of alkyl halides is 3. The minimum absolute atomic E-state index is 0.0550. The highest BCUT2D eigenvalue weighted by molar-refractivity contribution is 8.00. The first-order valence-corrected chi connectivity index (χ1v) is 7.97. The molecule has 2 unspecified atom stereocenters. The third-order valence-corrected chi connectivity index (χ3v) is 4.40. The highest BCUT2D eigenvalue weighted by Gasteiger charge is 2.29. The number of hydrogen-bond acceptors (Lipinski definition) is 3. The van der Waals surface area contributed by atoms with Crippen molar-refractivity contribution in [2.45, 2.75) is 42.2 Å². The zero-order valence-electron chi connectivity index (χ0n) is 11.9. The lowest BCUT2D eigenvalue weighted by atomic mass is 9.87. The molecule has 0 radical (unpaired) electrons. The van der Waals surface area contributed by atoms with Crippen LogP contribution in [0.5, 0.6) is 0 Å². The Hall–Kier alpha value is -1.21. The van der Waals surface area contributed by atoms with Gasteiger partial charge in [-0.3, -0.25) is 4.79 Å². The second-order valence-corrected chi connectivity index (χ2v) is 6.61. The Bertz CT molecular complexity index is 505. The first kappa shape index (κ1) is 17.1. The van der Waals surface area contributed by atoms with Gasteiger partial charge in [0, 0.05) is 17.0 Å². The van der Waals surface area contributed by atoms with Gasteiger partial charge in [-0.1, -0.05) is 6.42 Å². The van der Waals surface area contributed by atoms with Crippen LogP contribution in [0.25, 0.3) is 0 Å². The largest absolute Gasteiger partial charge is 0.446 e. The predicted octanol–water partition coefficient (Wildman–Crippen LogP) is 3.58. The van der Waals surface area contributed by atoms with E-state index in [-0.39, 0.29) is 34.6 Å². The summed E-state index contributed by atoms with van der Waals surface area (Å²) in [5, 5.41) is 12.4. The van der Waals surface area contributed by atoms with E-state index in [1.165, 1.54) is 24.3 Å². The van der Waals surface area contributed by atoms with Gasteiger partial charge in [0.05, 0.1) is 6.10 Å². The molecule has 0 saturated heterocycles. The van der Waals surface area contributed by atoms with E-state index in [0.29, 0.717) is 18.5 Å². The average molecular weight is 333 g/mol. The number of halogens is 3. The first-order chi connectivity index (χ1) is 10.3. The lowest BCUT2D eigenvalue weighted by Gasteiger charge is -2.25. The van der Waals surface area contributed by atoms with Crippen LogP contribution in [-0.4, -0.2) is 29.2 Å². The van der Waals surface area contributed by atoms with Gasteiger partial charge in [-0.05, 0) is 61.2 Å². The Morgan fingerprint density at radius 2 is 1.95 bits per heavy atom. The quantitative estimate of drug-likeness (QED) is 0.828. The zero-order chi connectivity index (χ0) is 16.2. The van der Waals surface area contributed by atoms with Gasteiger partial charge in [0.1, 0.15) is 0 Å². The molecule has 1 saturated carbocycles. The number of thioether (sulfide) groups is 1. The van der Waals surface area contributed by atoms with Crippen molar-refractivity contribution in [3.63, 3.8) is 0 Å². The van der Waals surface area contributed by atoms with E-state index in [4.69, 9.17) is 0 Å². The molecule has 0 heterocycles. The van der Waals surface area contributed by atoms with Crippen LogP contribution in [-0.2, 0) is 0 Å². The molecule has 1 aliphatic carbocycles. The van der Waals surface area contributed by atoms with E-state index >= 15 is 0 Å². The Labute approximate surface area is 131 Å². The molecule has 22 heavy (non-hydrogen) atoms. The van der Waals surface area contributed by atoms with Gasteiger partial charge in [0.2, 0.25) is 0 Å². The lowest BCUT2D eigenvalue weighted by molar-refractivity contribution is -0.0328. The van der Waals surface area contributed by atoms with Crippen molar-refractivity contribution < 1.29 is 23.1 Å². The third kappa shape index (κ3) is 5.53. The summed E-state index contributed by atoms with van der Waals surface area (Å²) in [6, 6.07) is 5.35. The van der Waals surface area contributed by atoms with Crippen LogP contribution >= 0.6 is 11.8 Å². The van der Waals surface area contributed by atoms with E-state index in [1.807, 2.05) is 0 Å². The van der Waals surface area contributed by atoms with Gasteiger partial charge in [0.25, 0.3) is 5.91 Å². The number of rotatable bonds is 4. The molecule has 0 aromatic heterocycles. The molecule has 3 nitrogen and oxygen atoms in total. The van der Waals surface area contributed by atoms with Gasteiger partial charge in [0.15, 0.2) is 0 Å². The van der Waals surface area contributed by atoms with Crippen LogP contribution in [0.2, 0.25) is 0 Å². The van der Waals surface area contributed by atoms with Crippen LogP contribution in [0.1, 0.15) is 36.0 Å². The van der Waals surface area contributed by atoms with E-state index in [9.17, 15) is 23.1 Å². The smallest absolute Gasteiger partial charge is 0.393 e. The van der Waals surface area contributed by atoms with Gasteiger partial charge >= 0.3 is 5.51 Å². The molecule has 1 aromatic rings. The average Bonchev–Trinajstić information content (AvgIpc) is 2.44. The summed E-state index contributed by atoms with van der Waals surface area (Å²) in [5.74, 6) is -0.0450. The molecule has 1 aromatic carbocycles. The number of carbonyl (C=O) groups is 1. The van der Waals surface area contributed by atoms with E-state index in [0.717, 1.165) is 19.3 Å². The summed E-state index contributed by atoms with van der Waals surface area (Å²) in [6.07, 6.45) is 3.11. The summed E-state index contributed by atoms with van der Waals surface area (Å²) in [7, 11) is 0. The molecule has 2 rings (SSSR count). The SMILES string of the molecule is O=C(NCC1CCCC(O)C1)c1ccc(SC(F)(F)F)cc1. The molecule has 2 N–H and O–H groups in total. The Morgan fingerprint density at radius 1 is 1.27 bits per heavy atom. The maximum atomic E-state index is 12.2. The van der Waals surface area contributed by atoms with E-state index in [2.05, 4.69) is 5.32 Å². The zero-order valence-corrected chi connectivity index (χ0v) is 12.7. The maximum absolute atomic E-state index is 12.2. The number of carbonyl (C=O) groups excluding carboxylic acids is 1. The summed E-state index contributed by atoms with van der Waals surface area (Å²) >= 11 is -0.202. The molecule has 7 heteroatoms. The summed E-state index contributed by atoms with van der Waals surface area (Å²) in [4.78, 5) is 12.0. The first-order valence-electron chi connectivity index (χ1n) is 7.15. The van der Waals surface area contributed by atoms with Gasteiger partial charge in [-0.25, -0.2) is 0 Å². The van der Waals surface area contributed by atoms with E-state index < -0.39 is 5.51 Å².